The summed E-state index contributed by atoms with van der Waals surface area (Å²) >= 11 is 0. The smallest absolute Gasteiger partial charge is 0.248 e. The van der Waals surface area contributed by atoms with E-state index in [2.05, 4.69) is 19.9 Å². The summed E-state index contributed by atoms with van der Waals surface area (Å²) in [6.07, 6.45) is 0. The third-order valence-electron chi connectivity index (χ3n) is 3.05. The predicted octanol–water partition coefficient (Wildman–Crippen LogP) is 3.28. The van der Waals surface area contributed by atoms with Crippen molar-refractivity contribution in [1.29, 1.82) is 0 Å². The number of nitrogens with two attached hydrogens (primary N) is 2. The quantitative estimate of drug-likeness (QED) is 0.837. The van der Waals surface area contributed by atoms with Gasteiger partial charge in [-0.25, -0.2) is 0 Å². The van der Waals surface area contributed by atoms with Gasteiger partial charge < -0.3 is 16.2 Å². The van der Waals surface area contributed by atoms with Crippen LogP contribution in [0.3, 0.4) is 0 Å². The van der Waals surface area contributed by atoms with Crippen molar-refractivity contribution >= 4 is 11.6 Å². The van der Waals surface area contributed by atoms with E-state index in [0.717, 1.165) is 5.75 Å². The van der Waals surface area contributed by atoms with Crippen LogP contribution in [0.25, 0.3) is 0 Å². The van der Waals surface area contributed by atoms with Crippen LogP contribution in [-0.2, 0) is 0 Å². The van der Waals surface area contributed by atoms with Crippen molar-refractivity contribution in [3.05, 3.63) is 53.6 Å². The average Bonchev–Trinajstić information content (AvgIpc) is 2.41. The van der Waals surface area contributed by atoms with E-state index in [1.807, 2.05) is 18.2 Å². The Bertz CT molecular complexity index is 636. The largest absolute Gasteiger partial charge is 0.455 e. The van der Waals surface area contributed by atoms with E-state index in [4.69, 9.17) is 16.2 Å². The van der Waals surface area contributed by atoms with Crippen molar-refractivity contribution < 1.29 is 9.53 Å². The van der Waals surface area contributed by atoms with Gasteiger partial charge in [0.1, 0.15) is 11.5 Å². The van der Waals surface area contributed by atoms with Crippen molar-refractivity contribution in [2.24, 2.45) is 5.73 Å². The fraction of sp³-hybridized carbons (Fsp3) is 0.188. The fourth-order valence-corrected chi connectivity index (χ4v) is 1.86. The van der Waals surface area contributed by atoms with Gasteiger partial charge in [-0.1, -0.05) is 26.0 Å². The molecule has 4 N–H and O–H groups in total. The Hall–Kier alpha value is -2.49. The zero-order valence-corrected chi connectivity index (χ0v) is 11.6. The molecule has 0 radical (unpaired) electrons. The summed E-state index contributed by atoms with van der Waals surface area (Å²) in [5.41, 5.74) is 13.0. The number of anilines is 1. The minimum Gasteiger partial charge on any atom is -0.455 e. The molecule has 104 valence electrons. The number of amides is 1. The first kappa shape index (κ1) is 13.9. The molecule has 0 unspecified atom stereocenters. The average molecular weight is 270 g/mol. The summed E-state index contributed by atoms with van der Waals surface area (Å²) in [6.45, 7) is 4.24. The number of ether oxygens (including phenoxy) is 1. The van der Waals surface area contributed by atoms with Gasteiger partial charge in [-0.3, -0.25) is 4.79 Å². The second kappa shape index (κ2) is 5.65. The lowest BCUT2D eigenvalue weighted by Gasteiger charge is -2.11. The Morgan fingerprint density at radius 3 is 2.50 bits per heavy atom. The molecule has 4 nitrogen and oxygen atoms in total. The number of rotatable bonds is 4. The highest BCUT2D eigenvalue weighted by Crippen LogP contribution is 2.29. The van der Waals surface area contributed by atoms with E-state index in [1.54, 1.807) is 12.1 Å². The molecule has 0 aliphatic heterocycles. The molecule has 2 aromatic rings. The first-order chi connectivity index (χ1) is 9.47. The minimum absolute atomic E-state index is 0.366. The zero-order chi connectivity index (χ0) is 14.7. The van der Waals surface area contributed by atoms with Crippen LogP contribution in [0.1, 0.15) is 35.7 Å². The normalized spacial score (nSPS) is 10.6. The molecule has 0 bridgehead atoms. The van der Waals surface area contributed by atoms with Crippen LogP contribution in [-0.4, -0.2) is 5.91 Å². The lowest BCUT2D eigenvalue weighted by atomic mass is 10.0. The van der Waals surface area contributed by atoms with Crippen molar-refractivity contribution in [3.63, 3.8) is 0 Å². The molecule has 0 aliphatic rings. The van der Waals surface area contributed by atoms with Crippen LogP contribution < -0.4 is 16.2 Å². The van der Waals surface area contributed by atoms with Crippen molar-refractivity contribution in [1.82, 2.24) is 0 Å². The van der Waals surface area contributed by atoms with E-state index in [9.17, 15) is 4.79 Å². The third kappa shape index (κ3) is 3.09. The highest BCUT2D eigenvalue weighted by molar-refractivity contribution is 5.94. The fourth-order valence-electron chi connectivity index (χ4n) is 1.86. The Morgan fingerprint density at radius 1 is 1.15 bits per heavy atom. The third-order valence-corrected chi connectivity index (χ3v) is 3.05. The van der Waals surface area contributed by atoms with E-state index in [1.165, 1.54) is 11.6 Å². The van der Waals surface area contributed by atoms with Gasteiger partial charge in [-0.2, -0.15) is 0 Å². The number of hydrogen-bond acceptors (Lipinski definition) is 3. The summed E-state index contributed by atoms with van der Waals surface area (Å²) in [5.74, 6) is 1.14. The van der Waals surface area contributed by atoms with Crippen molar-refractivity contribution in [3.8, 4) is 11.5 Å². The topological polar surface area (TPSA) is 78.3 Å². The number of carbonyl (C=O) groups is 1. The van der Waals surface area contributed by atoms with Gasteiger partial charge >= 0.3 is 0 Å². The number of hydrogen-bond donors (Lipinski definition) is 2. The monoisotopic (exact) mass is 270 g/mol. The van der Waals surface area contributed by atoms with Crippen molar-refractivity contribution in [2.75, 3.05) is 5.73 Å². The molecule has 2 rings (SSSR count). The lowest BCUT2D eigenvalue weighted by molar-refractivity contribution is 0.100. The second-order valence-corrected chi connectivity index (χ2v) is 4.95. The molecule has 4 heteroatoms. The van der Waals surface area contributed by atoms with Gasteiger partial charge in [0.05, 0.1) is 5.69 Å². The number of primary amides is 1. The Morgan fingerprint density at radius 2 is 1.90 bits per heavy atom. The van der Waals surface area contributed by atoms with Crippen molar-refractivity contribution in [2.45, 2.75) is 19.8 Å². The number of nitrogen functional groups attached to an aromatic ring is 1. The summed E-state index contributed by atoms with van der Waals surface area (Å²) in [5, 5.41) is 0. The molecule has 0 heterocycles. The second-order valence-electron chi connectivity index (χ2n) is 4.95. The van der Waals surface area contributed by atoms with Gasteiger partial charge in [0.25, 0.3) is 0 Å². The number of benzene rings is 2. The number of carbonyl (C=O) groups excluding carboxylic acids is 1. The molecule has 0 aliphatic carbocycles. The van der Waals surface area contributed by atoms with Crippen LogP contribution in [0.4, 0.5) is 5.69 Å². The van der Waals surface area contributed by atoms with Crippen LogP contribution in [0, 0.1) is 0 Å². The molecule has 1 amide bonds. The highest BCUT2D eigenvalue weighted by Gasteiger charge is 2.07. The van der Waals surface area contributed by atoms with Crippen LogP contribution in [0.15, 0.2) is 42.5 Å². The van der Waals surface area contributed by atoms with E-state index in [-0.39, 0.29) is 0 Å². The van der Waals surface area contributed by atoms with Gasteiger partial charge in [-0.05, 0) is 41.8 Å². The Kier molecular flexibility index (Phi) is 3.94. The molecule has 20 heavy (non-hydrogen) atoms. The molecule has 0 atom stereocenters. The predicted molar refractivity (Wildman–Crippen MR) is 80.0 cm³/mol. The van der Waals surface area contributed by atoms with E-state index in [0.29, 0.717) is 22.9 Å². The van der Waals surface area contributed by atoms with Crippen LogP contribution in [0.5, 0.6) is 11.5 Å². The SMILES string of the molecule is CC(C)c1cccc(Oc2ccc(C(N)=O)cc2N)c1. The van der Waals surface area contributed by atoms with Gasteiger partial charge in [0.15, 0.2) is 0 Å². The van der Waals surface area contributed by atoms with Gasteiger partial charge in [-0.15, -0.1) is 0 Å². The maximum atomic E-state index is 11.1. The summed E-state index contributed by atoms with van der Waals surface area (Å²) in [7, 11) is 0. The molecule has 0 spiro atoms. The zero-order valence-electron chi connectivity index (χ0n) is 11.6. The molecule has 0 saturated carbocycles. The maximum absolute atomic E-state index is 11.1. The van der Waals surface area contributed by atoms with Gasteiger partial charge in [0, 0.05) is 5.56 Å². The van der Waals surface area contributed by atoms with Crippen LogP contribution >= 0.6 is 0 Å². The molecular formula is C16H18N2O2. The van der Waals surface area contributed by atoms with E-state index >= 15 is 0 Å². The maximum Gasteiger partial charge on any atom is 0.248 e. The first-order valence-electron chi connectivity index (χ1n) is 6.44. The molecule has 0 aromatic heterocycles. The lowest BCUT2D eigenvalue weighted by Crippen LogP contribution is -2.11. The molecule has 0 fully saturated rings. The molecule has 0 saturated heterocycles. The molecular weight excluding hydrogens is 252 g/mol. The standard InChI is InChI=1S/C16H18N2O2/c1-10(2)11-4-3-5-13(8-11)20-15-7-6-12(16(18)19)9-14(15)17/h3-10H,17H2,1-2H3,(H2,18,19). The van der Waals surface area contributed by atoms with E-state index < -0.39 is 5.91 Å². The van der Waals surface area contributed by atoms with Crippen LogP contribution in [0.2, 0.25) is 0 Å². The van der Waals surface area contributed by atoms with Gasteiger partial charge in [0.2, 0.25) is 5.91 Å². The summed E-state index contributed by atoms with van der Waals surface area (Å²) < 4.78 is 5.76. The Balaban J connectivity index is 2.26. The highest BCUT2D eigenvalue weighted by atomic mass is 16.5. The minimum atomic E-state index is -0.509. The summed E-state index contributed by atoms with van der Waals surface area (Å²) in [6, 6.07) is 12.6. The summed E-state index contributed by atoms with van der Waals surface area (Å²) in [4.78, 5) is 11.1. The Labute approximate surface area is 118 Å². The molecule has 2 aromatic carbocycles. The first-order valence-corrected chi connectivity index (χ1v) is 6.44.